The van der Waals surface area contributed by atoms with E-state index in [1.54, 1.807) is 0 Å². The van der Waals surface area contributed by atoms with E-state index >= 15 is 0 Å². The molecule has 3 rings (SSSR count). The molecule has 118 valence electrons. The number of aryl methyl sites for hydroxylation is 1. The van der Waals surface area contributed by atoms with Gasteiger partial charge in [0.2, 0.25) is 0 Å². The number of nitrogens with one attached hydrogen (secondary N) is 1. The molecule has 2 aliphatic rings. The summed E-state index contributed by atoms with van der Waals surface area (Å²) in [5.41, 5.74) is 1.89. The molecule has 1 spiro atoms. The second-order valence-corrected chi connectivity index (χ2v) is 8.09. The Balaban J connectivity index is 1.79. The molecule has 2 heterocycles. The lowest BCUT2D eigenvalue weighted by Gasteiger charge is -2.51. The Labute approximate surface area is 128 Å². The highest BCUT2D eigenvalue weighted by molar-refractivity contribution is 5.07. The van der Waals surface area contributed by atoms with Gasteiger partial charge in [-0.2, -0.15) is 5.10 Å². The summed E-state index contributed by atoms with van der Waals surface area (Å²) in [6, 6.07) is 2.73. The number of piperazine rings is 1. The SMILES string of the molecule is Cn1ccc(CN2CC(C(C)(C)C)NCC23CCCC3)n1. The Kier molecular flexibility index (Phi) is 3.87. The number of nitrogens with zero attached hydrogens (tertiary/aromatic N) is 3. The molecule has 0 bridgehead atoms. The maximum absolute atomic E-state index is 4.60. The maximum Gasteiger partial charge on any atom is 0.0764 e. The third-order valence-electron chi connectivity index (χ3n) is 5.45. The molecular formula is C17H30N4. The first-order chi connectivity index (χ1) is 9.89. The zero-order valence-corrected chi connectivity index (χ0v) is 14.0. The average molecular weight is 290 g/mol. The second kappa shape index (κ2) is 5.40. The molecule has 1 saturated carbocycles. The lowest BCUT2D eigenvalue weighted by molar-refractivity contribution is 0.00978. The van der Waals surface area contributed by atoms with E-state index in [2.05, 4.69) is 48.3 Å². The molecule has 1 aliphatic heterocycles. The van der Waals surface area contributed by atoms with E-state index in [0.29, 0.717) is 17.0 Å². The summed E-state index contributed by atoms with van der Waals surface area (Å²) in [6.45, 7) is 10.3. The van der Waals surface area contributed by atoms with Gasteiger partial charge in [-0.1, -0.05) is 33.6 Å². The fourth-order valence-corrected chi connectivity index (χ4v) is 3.99. The molecule has 0 amide bonds. The minimum Gasteiger partial charge on any atom is -0.310 e. The van der Waals surface area contributed by atoms with Crippen molar-refractivity contribution in [3.05, 3.63) is 18.0 Å². The van der Waals surface area contributed by atoms with Crippen molar-refractivity contribution in [3.8, 4) is 0 Å². The van der Waals surface area contributed by atoms with Crippen LogP contribution < -0.4 is 5.32 Å². The van der Waals surface area contributed by atoms with Crippen LogP contribution in [0.1, 0.15) is 52.1 Å². The smallest absolute Gasteiger partial charge is 0.0764 e. The standard InChI is InChI=1S/C17H30N4/c1-16(2,3)15-12-21(11-14-7-10-20(4)19-14)17(13-18-15)8-5-6-9-17/h7,10,15,18H,5-6,8-9,11-13H2,1-4H3. The molecule has 1 aliphatic carbocycles. The summed E-state index contributed by atoms with van der Waals surface area (Å²) in [4.78, 5) is 2.73. The molecule has 0 aromatic carbocycles. The zero-order valence-electron chi connectivity index (χ0n) is 14.0. The Morgan fingerprint density at radius 2 is 2.05 bits per heavy atom. The van der Waals surface area contributed by atoms with Gasteiger partial charge in [0, 0.05) is 44.5 Å². The lowest BCUT2D eigenvalue weighted by atomic mass is 9.81. The number of rotatable bonds is 2. The molecule has 0 radical (unpaired) electrons. The van der Waals surface area contributed by atoms with Crippen LogP contribution in [0.5, 0.6) is 0 Å². The minimum absolute atomic E-state index is 0.308. The van der Waals surface area contributed by atoms with Crippen molar-refractivity contribution in [2.45, 2.75) is 64.6 Å². The molecular weight excluding hydrogens is 260 g/mol. The van der Waals surface area contributed by atoms with Gasteiger partial charge in [0.15, 0.2) is 0 Å². The van der Waals surface area contributed by atoms with Crippen molar-refractivity contribution in [3.63, 3.8) is 0 Å². The van der Waals surface area contributed by atoms with Gasteiger partial charge in [0.05, 0.1) is 5.69 Å². The maximum atomic E-state index is 4.60. The number of hydrogen-bond donors (Lipinski definition) is 1. The molecule has 1 atom stereocenters. The number of aromatic nitrogens is 2. The van der Waals surface area contributed by atoms with Crippen LogP contribution in [0.3, 0.4) is 0 Å². The minimum atomic E-state index is 0.308. The normalized spacial score (nSPS) is 26.6. The topological polar surface area (TPSA) is 33.1 Å². The van der Waals surface area contributed by atoms with Gasteiger partial charge in [0.1, 0.15) is 0 Å². The molecule has 1 unspecified atom stereocenters. The third kappa shape index (κ3) is 3.02. The van der Waals surface area contributed by atoms with E-state index in [-0.39, 0.29) is 0 Å². The van der Waals surface area contributed by atoms with Crippen LogP contribution in [0.2, 0.25) is 0 Å². The third-order valence-corrected chi connectivity index (χ3v) is 5.45. The summed E-state index contributed by atoms with van der Waals surface area (Å²) < 4.78 is 1.92. The van der Waals surface area contributed by atoms with Gasteiger partial charge in [-0.25, -0.2) is 0 Å². The van der Waals surface area contributed by atoms with Crippen molar-refractivity contribution in [1.82, 2.24) is 20.0 Å². The lowest BCUT2D eigenvalue weighted by Crippen LogP contribution is -2.65. The summed E-state index contributed by atoms with van der Waals surface area (Å²) in [5.74, 6) is 0. The first kappa shape index (κ1) is 15.0. The van der Waals surface area contributed by atoms with Crippen molar-refractivity contribution < 1.29 is 0 Å². The molecule has 1 saturated heterocycles. The first-order valence-corrected chi connectivity index (χ1v) is 8.36. The highest BCUT2D eigenvalue weighted by Gasteiger charge is 2.45. The van der Waals surface area contributed by atoms with Crippen LogP contribution in [0.25, 0.3) is 0 Å². The Bertz CT molecular complexity index is 479. The van der Waals surface area contributed by atoms with Crippen LogP contribution in [-0.4, -0.2) is 39.4 Å². The van der Waals surface area contributed by atoms with E-state index in [1.165, 1.54) is 31.4 Å². The van der Waals surface area contributed by atoms with E-state index in [0.717, 1.165) is 19.6 Å². The van der Waals surface area contributed by atoms with Gasteiger partial charge in [0.25, 0.3) is 0 Å². The van der Waals surface area contributed by atoms with Gasteiger partial charge >= 0.3 is 0 Å². The molecule has 1 aromatic rings. The molecule has 1 aromatic heterocycles. The summed E-state index contributed by atoms with van der Waals surface area (Å²) >= 11 is 0. The highest BCUT2D eigenvalue weighted by atomic mass is 15.3. The predicted molar refractivity (Wildman–Crippen MR) is 86.1 cm³/mol. The average Bonchev–Trinajstić information content (AvgIpc) is 3.01. The molecule has 2 fully saturated rings. The Morgan fingerprint density at radius 1 is 1.33 bits per heavy atom. The molecule has 1 N–H and O–H groups in total. The predicted octanol–water partition coefficient (Wildman–Crippen LogP) is 2.55. The van der Waals surface area contributed by atoms with Crippen LogP contribution in [0, 0.1) is 5.41 Å². The monoisotopic (exact) mass is 290 g/mol. The van der Waals surface area contributed by atoms with Crippen molar-refractivity contribution in [2.75, 3.05) is 13.1 Å². The van der Waals surface area contributed by atoms with Crippen molar-refractivity contribution >= 4 is 0 Å². The van der Waals surface area contributed by atoms with Crippen LogP contribution in [-0.2, 0) is 13.6 Å². The molecule has 4 nitrogen and oxygen atoms in total. The van der Waals surface area contributed by atoms with Crippen LogP contribution >= 0.6 is 0 Å². The second-order valence-electron chi connectivity index (χ2n) is 8.09. The Morgan fingerprint density at radius 3 is 2.62 bits per heavy atom. The van der Waals surface area contributed by atoms with E-state index in [4.69, 9.17) is 0 Å². The largest absolute Gasteiger partial charge is 0.310 e. The summed E-state index contributed by atoms with van der Waals surface area (Å²) in [7, 11) is 2.00. The summed E-state index contributed by atoms with van der Waals surface area (Å²) in [5, 5.41) is 8.45. The fourth-order valence-electron chi connectivity index (χ4n) is 3.99. The highest BCUT2D eigenvalue weighted by Crippen LogP contribution is 2.39. The van der Waals surface area contributed by atoms with Gasteiger partial charge in [-0.3, -0.25) is 9.58 Å². The van der Waals surface area contributed by atoms with Crippen LogP contribution in [0.4, 0.5) is 0 Å². The van der Waals surface area contributed by atoms with Crippen molar-refractivity contribution in [1.29, 1.82) is 0 Å². The zero-order chi connectivity index (χ0) is 15.1. The Hall–Kier alpha value is -0.870. The van der Waals surface area contributed by atoms with Crippen LogP contribution in [0.15, 0.2) is 12.3 Å². The van der Waals surface area contributed by atoms with E-state index in [1.807, 2.05) is 11.7 Å². The first-order valence-electron chi connectivity index (χ1n) is 8.36. The van der Waals surface area contributed by atoms with Crippen molar-refractivity contribution in [2.24, 2.45) is 12.5 Å². The quantitative estimate of drug-likeness (QED) is 0.909. The van der Waals surface area contributed by atoms with Gasteiger partial charge in [-0.05, 0) is 24.3 Å². The van der Waals surface area contributed by atoms with E-state index in [9.17, 15) is 0 Å². The van der Waals surface area contributed by atoms with Gasteiger partial charge in [-0.15, -0.1) is 0 Å². The molecule has 21 heavy (non-hydrogen) atoms. The number of hydrogen-bond acceptors (Lipinski definition) is 3. The fraction of sp³-hybridized carbons (Fsp3) is 0.824. The summed E-state index contributed by atoms with van der Waals surface area (Å²) in [6.07, 6.45) is 7.48. The molecule has 4 heteroatoms. The van der Waals surface area contributed by atoms with Gasteiger partial charge < -0.3 is 5.32 Å². The van der Waals surface area contributed by atoms with E-state index < -0.39 is 0 Å².